The number of halogens is 2. The van der Waals surface area contributed by atoms with Crippen molar-refractivity contribution in [3.8, 4) is 11.1 Å². The quantitative estimate of drug-likeness (QED) is 0.323. The minimum absolute atomic E-state index is 1.08. The van der Waals surface area contributed by atoms with Gasteiger partial charge in [0.25, 0.3) is 0 Å². The Hall–Kier alpha value is -1.64. The van der Waals surface area contributed by atoms with Crippen molar-refractivity contribution in [1.29, 1.82) is 0 Å². The first-order valence-electron chi connectivity index (χ1n) is 7.09. The highest BCUT2D eigenvalue weighted by molar-refractivity contribution is 9.11. The van der Waals surface area contributed by atoms with E-state index in [2.05, 4.69) is 105 Å². The molecule has 0 saturated heterocycles. The van der Waals surface area contributed by atoms with Crippen molar-refractivity contribution >= 4 is 43.5 Å². The smallest absolute Gasteiger partial charge is 0.0192 e. The Balaban J connectivity index is 1.96. The second-order valence-electron chi connectivity index (χ2n) is 5.35. The summed E-state index contributed by atoms with van der Waals surface area (Å²) < 4.78 is 2.15. The van der Waals surface area contributed by atoms with Gasteiger partial charge in [0.05, 0.1) is 0 Å². The van der Waals surface area contributed by atoms with Gasteiger partial charge in [-0.2, -0.15) is 0 Å². The summed E-state index contributed by atoms with van der Waals surface area (Å²) in [5.74, 6) is 0. The van der Waals surface area contributed by atoms with Gasteiger partial charge in [-0.25, -0.2) is 0 Å². The third-order valence-corrected chi connectivity index (χ3v) is 4.84. The minimum Gasteiger partial charge on any atom is -0.0616 e. The van der Waals surface area contributed by atoms with Gasteiger partial charge in [-0.3, -0.25) is 0 Å². The van der Waals surface area contributed by atoms with Crippen molar-refractivity contribution in [2.75, 3.05) is 0 Å². The van der Waals surface area contributed by atoms with Gasteiger partial charge in [0.2, 0.25) is 0 Å². The lowest BCUT2D eigenvalue weighted by molar-refractivity contribution is 1.56. The first-order valence-corrected chi connectivity index (χ1v) is 8.68. The molecular formula is C20H12Br2. The Morgan fingerprint density at radius 1 is 0.591 bits per heavy atom. The number of rotatable bonds is 1. The largest absolute Gasteiger partial charge is 0.0616 e. The van der Waals surface area contributed by atoms with Gasteiger partial charge >= 0.3 is 0 Å². The van der Waals surface area contributed by atoms with Crippen molar-refractivity contribution in [1.82, 2.24) is 0 Å². The van der Waals surface area contributed by atoms with Gasteiger partial charge in [0, 0.05) is 8.95 Å². The van der Waals surface area contributed by atoms with Crippen molar-refractivity contribution in [3.63, 3.8) is 0 Å². The Morgan fingerprint density at radius 2 is 1.05 bits per heavy atom. The predicted molar refractivity (Wildman–Crippen MR) is 101 cm³/mol. The van der Waals surface area contributed by atoms with Crippen LogP contribution in [0.4, 0.5) is 0 Å². The third kappa shape index (κ3) is 2.37. The van der Waals surface area contributed by atoms with E-state index in [0.29, 0.717) is 0 Å². The Labute approximate surface area is 146 Å². The number of fused-ring (bicyclic) bond motifs is 3. The summed E-state index contributed by atoms with van der Waals surface area (Å²) in [4.78, 5) is 0. The Bertz CT molecular complexity index is 839. The lowest BCUT2D eigenvalue weighted by Crippen LogP contribution is -1.82. The Morgan fingerprint density at radius 3 is 1.55 bits per heavy atom. The molecule has 0 heterocycles. The average molecular weight is 412 g/mol. The monoisotopic (exact) mass is 410 g/mol. The van der Waals surface area contributed by atoms with Crippen LogP contribution >= 0.6 is 31.9 Å². The van der Waals surface area contributed by atoms with Gasteiger partial charge in [0.1, 0.15) is 0 Å². The van der Waals surface area contributed by atoms with E-state index in [1.54, 1.807) is 0 Å². The van der Waals surface area contributed by atoms with Crippen LogP contribution in [-0.2, 0) is 0 Å². The zero-order valence-corrected chi connectivity index (χ0v) is 14.9. The molecule has 4 rings (SSSR count). The van der Waals surface area contributed by atoms with Crippen LogP contribution in [0.15, 0.2) is 75.7 Å². The van der Waals surface area contributed by atoms with Crippen molar-refractivity contribution in [3.05, 3.63) is 92.4 Å². The summed E-state index contributed by atoms with van der Waals surface area (Å²) in [6, 6.07) is 23.6. The standard InChI is InChI=1S/C20H12Br2/c21-14-9-13(10-15(22)12-14)11-20-18-7-3-1-5-16(18)17-6-2-4-8-19(17)20/h1-12H. The maximum atomic E-state index is 3.57. The van der Waals surface area contributed by atoms with E-state index in [1.807, 2.05) is 0 Å². The van der Waals surface area contributed by atoms with Gasteiger partial charge in [-0.15, -0.1) is 0 Å². The molecule has 0 spiro atoms. The van der Waals surface area contributed by atoms with Crippen molar-refractivity contribution < 1.29 is 0 Å². The molecule has 0 saturated carbocycles. The first-order chi connectivity index (χ1) is 10.7. The third-order valence-electron chi connectivity index (χ3n) is 3.92. The zero-order chi connectivity index (χ0) is 15.1. The summed E-state index contributed by atoms with van der Waals surface area (Å²) in [5.41, 5.74) is 7.72. The van der Waals surface area contributed by atoms with Gasteiger partial charge in [-0.05, 0) is 57.7 Å². The van der Waals surface area contributed by atoms with Gasteiger partial charge in [0.15, 0.2) is 0 Å². The fourth-order valence-electron chi connectivity index (χ4n) is 3.03. The highest BCUT2D eigenvalue weighted by Crippen LogP contribution is 2.44. The lowest BCUT2D eigenvalue weighted by atomic mass is 10.0. The average Bonchev–Trinajstić information content (AvgIpc) is 2.81. The van der Waals surface area contributed by atoms with E-state index in [4.69, 9.17) is 0 Å². The summed E-state index contributed by atoms with van der Waals surface area (Å²) in [6.07, 6.45) is 2.26. The van der Waals surface area contributed by atoms with Crippen molar-refractivity contribution in [2.45, 2.75) is 0 Å². The van der Waals surface area contributed by atoms with Crippen LogP contribution in [0, 0.1) is 0 Å². The molecule has 22 heavy (non-hydrogen) atoms. The highest BCUT2D eigenvalue weighted by Gasteiger charge is 2.22. The molecule has 0 bridgehead atoms. The number of hydrogen-bond acceptors (Lipinski definition) is 0. The number of hydrogen-bond donors (Lipinski definition) is 0. The van der Waals surface area contributed by atoms with E-state index in [1.165, 1.54) is 33.4 Å². The van der Waals surface area contributed by atoms with Crippen LogP contribution in [-0.4, -0.2) is 0 Å². The normalized spacial score (nSPS) is 12.0. The molecule has 0 aliphatic heterocycles. The summed E-state index contributed by atoms with van der Waals surface area (Å²) >= 11 is 7.13. The van der Waals surface area contributed by atoms with Crippen LogP contribution in [0.5, 0.6) is 0 Å². The van der Waals surface area contributed by atoms with Gasteiger partial charge in [-0.1, -0.05) is 80.4 Å². The molecule has 3 aromatic rings. The lowest BCUT2D eigenvalue weighted by Gasteiger charge is -2.04. The molecule has 0 fully saturated rings. The van der Waals surface area contributed by atoms with E-state index < -0.39 is 0 Å². The fourth-order valence-corrected chi connectivity index (χ4v) is 4.36. The van der Waals surface area contributed by atoms with Crippen LogP contribution < -0.4 is 0 Å². The second kappa shape index (κ2) is 5.53. The van der Waals surface area contributed by atoms with Crippen molar-refractivity contribution in [2.24, 2.45) is 0 Å². The molecule has 0 radical (unpaired) electrons. The molecule has 3 aromatic carbocycles. The second-order valence-corrected chi connectivity index (χ2v) is 7.18. The molecule has 0 unspecified atom stereocenters. The maximum Gasteiger partial charge on any atom is 0.0192 e. The molecular weight excluding hydrogens is 400 g/mol. The summed E-state index contributed by atoms with van der Waals surface area (Å²) in [6.45, 7) is 0. The minimum atomic E-state index is 1.08. The molecule has 1 aliphatic rings. The summed E-state index contributed by atoms with van der Waals surface area (Å²) in [5, 5.41) is 0. The number of benzene rings is 3. The molecule has 1 aliphatic carbocycles. The molecule has 106 valence electrons. The molecule has 2 heteroatoms. The topological polar surface area (TPSA) is 0 Å². The molecule has 0 N–H and O–H groups in total. The van der Waals surface area contributed by atoms with Crippen LogP contribution in [0.1, 0.15) is 16.7 Å². The summed E-state index contributed by atoms with van der Waals surface area (Å²) in [7, 11) is 0. The van der Waals surface area contributed by atoms with Gasteiger partial charge < -0.3 is 0 Å². The van der Waals surface area contributed by atoms with Crippen LogP contribution in [0.25, 0.3) is 22.8 Å². The van der Waals surface area contributed by atoms with E-state index in [0.717, 1.165) is 8.95 Å². The first kappa shape index (κ1) is 14.0. The SMILES string of the molecule is Brc1cc(Br)cc(C=C2c3ccccc3-c3ccccc32)c1. The van der Waals surface area contributed by atoms with E-state index in [-0.39, 0.29) is 0 Å². The molecule has 0 nitrogen and oxygen atoms in total. The van der Waals surface area contributed by atoms with E-state index in [9.17, 15) is 0 Å². The van der Waals surface area contributed by atoms with Crippen LogP contribution in [0.2, 0.25) is 0 Å². The van der Waals surface area contributed by atoms with Crippen LogP contribution in [0.3, 0.4) is 0 Å². The Kier molecular flexibility index (Phi) is 3.51. The maximum absolute atomic E-state index is 3.57. The predicted octanol–water partition coefficient (Wildman–Crippen LogP) is 6.78. The fraction of sp³-hybridized carbons (Fsp3) is 0. The molecule has 0 aromatic heterocycles. The molecule has 0 atom stereocenters. The highest BCUT2D eigenvalue weighted by atomic mass is 79.9. The molecule has 0 amide bonds. The zero-order valence-electron chi connectivity index (χ0n) is 11.7. The van der Waals surface area contributed by atoms with E-state index >= 15 is 0 Å².